The highest BCUT2D eigenvalue weighted by molar-refractivity contribution is 5.91. The van der Waals surface area contributed by atoms with E-state index >= 15 is 0 Å². The minimum absolute atomic E-state index is 0.0266. The van der Waals surface area contributed by atoms with Crippen molar-refractivity contribution in [1.82, 2.24) is 10.2 Å². The van der Waals surface area contributed by atoms with Crippen LogP contribution in [-0.2, 0) is 14.4 Å². The molecule has 1 aliphatic carbocycles. The second-order valence-electron chi connectivity index (χ2n) is 5.36. The van der Waals surface area contributed by atoms with Gasteiger partial charge in [-0.3, -0.25) is 9.59 Å². The molecule has 0 aromatic rings. The highest BCUT2D eigenvalue weighted by Gasteiger charge is 2.41. The summed E-state index contributed by atoms with van der Waals surface area (Å²) < 4.78 is 0. The molecule has 0 aromatic heterocycles. The van der Waals surface area contributed by atoms with Crippen molar-refractivity contribution in [3.8, 4) is 0 Å². The molecule has 6 nitrogen and oxygen atoms in total. The zero-order chi connectivity index (χ0) is 14.0. The number of amides is 2. The minimum atomic E-state index is -1.000. The Labute approximate surface area is 112 Å². The van der Waals surface area contributed by atoms with E-state index in [1.54, 1.807) is 0 Å². The summed E-state index contributed by atoms with van der Waals surface area (Å²) in [5, 5.41) is 11.8. The molecule has 1 saturated heterocycles. The summed E-state index contributed by atoms with van der Waals surface area (Å²) in [7, 11) is 0. The van der Waals surface area contributed by atoms with Crippen molar-refractivity contribution in [2.75, 3.05) is 0 Å². The van der Waals surface area contributed by atoms with Gasteiger partial charge >= 0.3 is 5.97 Å². The quantitative estimate of drug-likeness (QED) is 0.777. The molecule has 2 atom stereocenters. The molecule has 1 aliphatic heterocycles. The lowest BCUT2D eigenvalue weighted by atomic mass is 10.1. The highest BCUT2D eigenvalue weighted by atomic mass is 16.4. The molecule has 106 valence electrons. The van der Waals surface area contributed by atoms with E-state index in [2.05, 4.69) is 5.32 Å². The van der Waals surface area contributed by atoms with E-state index in [0.29, 0.717) is 12.8 Å². The SMILES string of the molecule is CC(C(=O)O)N(C(=O)C1CCCCC(=O)N1)C1CC1. The van der Waals surface area contributed by atoms with Crippen LogP contribution in [0.3, 0.4) is 0 Å². The van der Waals surface area contributed by atoms with Crippen LogP contribution < -0.4 is 5.32 Å². The van der Waals surface area contributed by atoms with E-state index in [-0.39, 0.29) is 17.9 Å². The van der Waals surface area contributed by atoms with E-state index < -0.39 is 18.1 Å². The van der Waals surface area contributed by atoms with Gasteiger partial charge in [0.25, 0.3) is 0 Å². The molecule has 2 rings (SSSR count). The Kier molecular flexibility index (Phi) is 4.07. The van der Waals surface area contributed by atoms with Crippen molar-refractivity contribution in [2.45, 2.75) is 63.6 Å². The average Bonchev–Trinajstić information content (AvgIpc) is 3.17. The lowest BCUT2D eigenvalue weighted by Crippen LogP contribution is -2.53. The smallest absolute Gasteiger partial charge is 0.326 e. The first-order valence-electron chi connectivity index (χ1n) is 6.85. The fourth-order valence-electron chi connectivity index (χ4n) is 2.50. The fraction of sp³-hybridized carbons (Fsp3) is 0.769. The van der Waals surface area contributed by atoms with Gasteiger partial charge in [-0.1, -0.05) is 6.42 Å². The van der Waals surface area contributed by atoms with Crippen molar-refractivity contribution in [1.29, 1.82) is 0 Å². The molecule has 2 amide bonds. The van der Waals surface area contributed by atoms with Crippen molar-refractivity contribution < 1.29 is 19.5 Å². The van der Waals surface area contributed by atoms with Gasteiger partial charge in [-0.05, 0) is 32.6 Å². The second-order valence-corrected chi connectivity index (χ2v) is 5.36. The Morgan fingerprint density at radius 1 is 1.32 bits per heavy atom. The van der Waals surface area contributed by atoms with Gasteiger partial charge in [-0.25, -0.2) is 4.79 Å². The first-order chi connectivity index (χ1) is 9.00. The number of carbonyl (C=O) groups excluding carboxylic acids is 2. The van der Waals surface area contributed by atoms with Crippen LogP contribution in [0.25, 0.3) is 0 Å². The van der Waals surface area contributed by atoms with E-state index in [4.69, 9.17) is 5.11 Å². The van der Waals surface area contributed by atoms with Gasteiger partial charge in [-0.2, -0.15) is 0 Å². The lowest BCUT2D eigenvalue weighted by Gasteiger charge is -2.30. The molecule has 6 heteroatoms. The average molecular weight is 268 g/mol. The molecule has 2 aliphatic rings. The van der Waals surface area contributed by atoms with Crippen LogP contribution in [0.5, 0.6) is 0 Å². The van der Waals surface area contributed by atoms with Crippen molar-refractivity contribution in [3.63, 3.8) is 0 Å². The Balaban J connectivity index is 2.09. The molecule has 19 heavy (non-hydrogen) atoms. The molecule has 2 fully saturated rings. The number of carboxylic acid groups (broad SMARTS) is 1. The summed E-state index contributed by atoms with van der Waals surface area (Å²) in [4.78, 5) is 36.5. The molecule has 2 N–H and O–H groups in total. The summed E-state index contributed by atoms with van der Waals surface area (Å²) in [5.41, 5.74) is 0. The first-order valence-corrected chi connectivity index (χ1v) is 6.85. The van der Waals surface area contributed by atoms with Crippen LogP contribution in [0.2, 0.25) is 0 Å². The number of nitrogens with one attached hydrogen (secondary N) is 1. The first kappa shape index (κ1) is 13.8. The summed E-state index contributed by atoms with van der Waals surface area (Å²) >= 11 is 0. The van der Waals surface area contributed by atoms with Crippen LogP contribution >= 0.6 is 0 Å². The molecule has 0 aromatic carbocycles. The van der Waals surface area contributed by atoms with Gasteiger partial charge in [0.15, 0.2) is 0 Å². The predicted molar refractivity (Wildman–Crippen MR) is 67.4 cm³/mol. The molecular weight excluding hydrogens is 248 g/mol. The van der Waals surface area contributed by atoms with E-state index in [1.807, 2.05) is 0 Å². The van der Waals surface area contributed by atoms with Crippen LogP contribution in [0, 0.1) is 0 Å². The van der Waals surface area contributed by atoms with E-state index in [0.717, 1.165) is 25.7 Å². The fourth-order valence-corrected chi connectivity index (χ4v) is 2.50. The third-order valence-corrected chi connectivity index (χ3v) is 3.75. The molecular formula is C13H20N2O4. The van der Waals surface area contributed by atoms with Crippen LogP contribution in [0.15, 0.2) is 0 Å². The van der Waals surface area contributed by atoms with Gasteiger partial charge in [0.1, 0.15) is 12.1 Å². The highest BCUT2D eigenvalue weighted by Crippen LogP contribution is 2.30. The number of hydrogen-bond acceptors (Lipinski definition) is 3. The minimum Gasteiger partial charge on any atom is -0.480 e. The number of aliphatic carboxylic acids is 1. The molecule has 0 bridgehead atoms. The molecule has 1 heterocycles. The largest absolute Gasteiger partial charge is 0.480 e. The lowest BCUT2D eigenvalue weighted by molar-refractivity contribution is -0.151. The maximum absolute atomic E-state index is 12.5. The maximum Gasteiger partial charge on any atom is 0.326 e. The number of carbonyl (C=O) groups is 3. The molecule has 0 radical (unpaired) electrons. The number of nitrogens with zero attached hydrogens (tertiary/aromatic N) is 1. The van der Waals surface area contributed by atoms with Crippen molar-refractivity contribution in [2.24, 2.45) is 0 Å². The number of carboxylic acids is 1. The monoisotopic (exact) mass is 268 g/mol. The molecule has 1 saturated carbocycles. The summed E-state index contributed by atoms with van der Waals surface area (Å²) in [6.45, 7) is 1.52. The van der Waals surface area contributed by atoms with Crippen molar-refractivity contribution in [3.05, 3.63) is 0 Å². The van der Waals surface area contributed by atoms with Gasteiger partial charge in [-0.15, -0.1) is 0 Å². The van der Waals surface area contributed by atoms with Gasteiger partial charge in [0.2, 0.25) is 11.8 Å². The number of rotatable bonds is 4. The molecule has 0 spiro atoms. The third-order valence-electron chi connectivity index (χ3n) is 3.75. The Bertz CT molecular complexity index is 392. The predicted octanol–water partition coefficient (Wildman–Crippen LogP) is 0.509. The van der Waals surface area contributed by atoms with E-state index in [9.17, 15) is 14.4 Å². The maximum atomic E-state index is 12.5. The topological polar surface area (TPSA) is 86.7 Å². The van der Waals surface area contributed by atoms with Gasteiger partial charge < -0.3 is 15.3 Å². The Morgan fingerprint density at radius 3 is 2.58 bits per heavy atom. The molecule has 2 unspecified atom stereocenters. The zero-order valence-corrected chi connectivity index (χ0v) is 11.1. The van der Waals surface area contributed by atoms with E-state index in [1.165, 1.54) is 11.8 Å². The zero-order valence-electron chi connectivity index (χ0n) is 11.1. The van der Waals surface area contributed by atoms with Gasteiger partial charge in [0.05, 0.1) is 0 Å². The summed E-state index contributed by atoms with van der Waals surface area (Å²) in [6, 6.07) is -1.36. The normalized spacial score (nSPS) is 25.1. The summed E-state index contributed by atoms with van der Waals surface area (Å²) in [6.07, 6.45) is 4.35. The summed E-state index contributed by atoms with van der Waals surface area (Å²) in [5.74, 6) is -1.36. The Morgan fingerprint density at radius 2 is 2.00 bits per heavy atom. The number of hydrogen-bond donors (Lipinski definition) is 2. The van der Waals surface area contributed by atoms with Crippen molar-refractivity contribution >= 4 is 17.8 Å². The standard InChI is InChI=1S/C13H20N2O4/c1-8(13(18)19)15(9-6-7-9)12(17)10-4-2-3-5-11(16)14-10/h8-10H,2-7H2,1H3,(H,14,16)(H,18,19). The van der Waals surface area contributed by atoms with Crippen LogP contribution in [0.4, 0.5) is 0 Å². The van der Waals surface area contributed by atoms with Crippen LogP contribution in [0.1, 0.15) is 45.4 Å². The second kappa shape index (κ2) is 5.59. The Hall–Kier alpha value is -1.59. The van der Waals surface area contributed by atoms with Gasteiger partial charge in [0, 0.05) is 12.5 Å². The van der Waals surface area contributed by atoms with Crippen LogP contribution in [-0.4, -0.2) is 45.9 Å². The third kappa shape index (κ3) is 3.24.